The molecule has 1 aliphatic rings. The molecular weight excluding hydrogens is 456 g/mol. The zero-order valence-electron chi connectivity index (χ0n) is 17.6. The molecule has 2 aromatic rings. The van der Waals surface area contributed by atoms with Crippen LogP contribution in [0.25, 0.3) is 10.2 Å². The SMILES string of the molecule is COS(=O)(=O)N1CCC[C@H]1C(=O)N[C@@H](CCCN=C(N)N)C(=O)c1nc2ccccc2s1. The van der Waals surface area contributed by atoms with Crippen LogP contribution in [0, 0.1) is 0 Å². The van der Waals surface area contributed by atoms with Crippen LogP contribution < -0.4 is 16.8 Å². The van der Waals surface area contributed by atoms with Gasteiger partial charge in [0.15, 0.2) is 11.0 Å². The van der Waals surface area contributed by atoms with E-state index in [0.717, 1.165) is 16.1 Å². The van der Waals surface area contributed by atoms with E-state index in [1.807, 2.05) is 18.2 Å². The Morgan fingerprint density at radius 1 is 1.38 bits per heavy atom. The van der Waals surface area contributed by atoms with Gasteiger partial charge in [-0.2, -0.15) is 12.7 Å². The van der Waals surface area contributed by atoms with Crippen LogP contribution in [0.4, 0.5) is 0 Å². The molecular formula is C19H26N6O5S2. The molecule has 0 spiro atoms. The third-order valence-corrected chi connectivity index (χ3v) is 7.57. The lowest BCUT2D eigenvalue weighted by molar-refractivity contribution is -0.124. The number of aromatic nitrogens is 1. The molecule has 13 heteroatoms. The van der Waals surface area contributed by atoms with Gasteiger partial charge in [-0.05, 0) is 37.8 Å². The van der Waals surface area contributed by atoms with E-state index in [9.17, 15) is 18.0 Å². The van der Waals surface area contributed by atoms with Crippen molar-refractivity contribution in [1.29, 1.82) is 0 Å². The fourth-order valence-corrected chi connectivity index (χ4v) is 5.55. The van der Waals surface area contributed by atoms with Crippen LogP contribution in [0.2, 0.25) is 0 Å². The monoisotopic (exact) mass is 482 g/mol. The largest absolute Gasteiger partial charge is 0.370 e. The average molecular weight is 483 g/mol. The minimum absolute atomic E-state index is 0.0607. The Labute approximate surface area is 190 Å². The number of ketones is 1. The number of carbonyl (C=O) groups is 2. The van der Waals surface area contributed by atoms with Gasteiger partial charge in [0, 0.05) is 13.1 Å². The molecule has 1 amide bonds. The number of benzene rings is 1. The second-order valence-electron chi connectivity index (χ2n) is 7.25. The van der Waals surface area contributed by atoms with E-state index in [1.54, 1.807) is 6.07 Å². The number of thiazole rings is 1. The molecule has 1 aliphatic heterocycles. The first kappa shape index (κ1) is 24.0. The van der Waals surface area contributed by atoms with Gasteiger partial charge in [0.05, 0.1) is 23.4 Å². The van der Waals surface area contributed by atoms with Gasteiger partial charge in [0.2, 0.25) is 11.7 Å². The summed E-state index contributed by atoms with van der Waals surface area (Å²) in [7, 11) is -2.97. The molecule has 5 N–H and O–H groups in total. The number of hydrogen-bond acceptors (Lipinski definition) is 8. The average Bonchev–Trinajstić information content (AvgIpc) is 3.42. The Kier molecular flexibility index (Phi) is 7.77. The zero-order chi connectivity index (χ0) is 23.3. The van der Waals surface area contributed by atoms with Gasteiger partial charge in [0.1, 0.15) is 6.04 Å². The van der Waals surface area contributed by atoms with Crippen molar-refractivity contribution >= 4 is 49.5 Å². The number of nitrogens with two attached hydrogens (primary N) is 2. The number of nitrogens with zero attached hydrogens (tertiary/aromatic N) is 3. The van der Waals surface area contributed by atoms with Crippen LogP contribution in [0.15, 0.2) is 29.3 Å². The van der Waals surface area contributed by atoms with Crippen LogP contribution in [0.3, 0.4) is 0 Å². The van der Waals surface area contributed by atoms with Crippen molar-refractivity contribution < 1.29 is 22.2 Å². The Balaban J connectivity index is 1.79. The number of aliphatic imine (C=N–C) groups is 1. The van der Waals surface area contributed by atoms with E-state index in [4.69, 9.17) is 11.5 Å². The number of guanidine groups is 1. The summed E-state index contributed by atoms with van der Waals surface area (Å²) in [5, 5.41) is 2.99. The van der Waals surface area contributed by atoms with Crippen LogP contribution in [0.1, 0.15) is 35.5 Å². The number of rotatable bonds is 10. The zero-order valence-corrected chi connectivity index (χ0v) is 19.2. The van der Waals surface area contributed by atoms with E-state index >= 15 is 0 Å². The minimum Gasteiger partial charge on any atom is -0.370 e. The number of Topliss-reactive ketones (excluding diaryl/α,β-unsaturated/α-hetero) is 1. The summed E-state index contributed by atoms with van der Waals surface area (Å²) in [5.41, 5.74) is 11.4. The molecule has 0 saturated carbocycles. The molecule has 1 fully saturated rings. The Hall–Kier alpha value is -2.61. The number of amides is 1. The quantitative estimate of drug-likeness (QED) is 0.189. The summed E-state index contributed by atoms with van der Waals surface area (Å²) in [5.74, 6) is -0.956. The van der Waals surface area contributed by atoms with E-state index in [2.05, 4.69) is 19.5 Å². The predicted octanol–water partition coefficient (Wildman–Crippen LogP) is 0.373. The molecule has 11 nitrogen and oxygen atoms in total. The summed E-state index contributed by atoms with van der Waals surface area (Å²) in [6, 6.07) is 5.51. The standard InChI is InChI=1S/C19H26N6O5S2/c1-30-32(28,29)25-11-5-8-14(25)17(27)23-13(7-4-10-22-19(20)21)16(26)18-24-12-6-2-3-9-15(12)31-18/h2-3,6,9,13-14H,4-5,7-8,10-11H2,1H3,(H,23,27)(H4,20,21,22)/t13-,14-/m0/s1. The lowest BCUT2D eigenvalue weighted by Gasteiger charge is -2.24. The first-order chi connectivity index (χ1) is 15.2. The van der Waals surface area contributed by atoms with E-state index in [1.165, 1.54) is 11.3 Å². The van der Waals surface area contributed by atoms with E-state index in [-0.39, 0.29) is 36.3 Å². The number of para-hydroxylation sites is 1. The highest BCUT2D eigenvalue weighted by Crippen LogP contribution is 2.25. The van der Waals surface area contributed by atoms with Crippen LogP contribution in [-0.4, -0.2) is 67.6 Å². The molecule has 3 rings (SSSR count). The van der Waals surface area contributed by atoms with Gasteiger partial charge < -0.3 is 16.8 Å². The van der Waals surface area contributed by atoms with Crippen LogP contribution >= 0.6 is 11.3 Å². The van der Waals surface area contributed by atoms with Crippen LogP contribution in [0.5, 0.6) is 0 Å². The molecule has 0 radical (unpaired) electrons. The third-order valence-electron chi connectivity index (χ3n) is 5.09. The van der Waals surface area contributed by atoms with E-state index < -0.39 is 28.3 Å². The number of fused-ring (bicyclic) bond motifs is 1. The minimum atomic E-state index is -4.02. The number of nitrogens with one attached hydrogen (secondary N) is 1. The van der Waals surface area contributed by atoms with Gasteiger partial charge in [-0.15, -0.1) is 11.3 Å². The summed E-state index contributed by atoms with van der Waals surface area (Å²) in [6.45, 7) is 0.463. The summed E-state index contributed by atoms with van der Waals surface area (Å²) in [4.78, 5) is 34.5. The molecule has 1 saturated heterocycles. The fraction of sp³-hybridized carbons (Fsp3) is 0.474. The topological polar surface area (TPSA) is 170 Å². The lowest BCUT2D eigenvalue weighted by atomic mass is 10.1. The first-order valence-electron chi connectivity index (χ1n) is 10.1. The lowest BCUT2D eigenvalue weighted by Crippen LogP contribution is -2.51. The first-order valence-corrected chi connectivity index (χ1v) is 12.2. The highest BCUT2D eigenvalue weighted by molar-refractivity contribution is 7.84. The molecule has 1 aromatic carbocycles. The molecule has 1 aromatic heterocycles. The van der Waals surface area contributed by atoms with Crippen molar-refractivity contribution in [2.75, 3.05) is 20.2 Å². The maximum absolute atomic E-state index is 13.2. The molecule has 0 unspecified atom stereocenters. The Morgan fingerprint density at radius 3 is 2.81 bits per heavy atom. The summed E-state index contributed by atoms with van der Waals surface area (Å²) in [6.07, 6.45) is 1.55. The smallest absolute Gasteiger partial charge is 0.338 e. The maximum atomic E-state index is 13.2. The van der Waals surface area contributed by atoms with E-state index in [0.29, 0.717) is 24.8 Å². The van der Waals surface area contributed by atoms with Crippen molar-refractivity contribution in [3.8, 4) is 0 Å². The summed E-state index contributed by atoms with van der Waals surface area (Å²) < 4.78 is 30.7. The number of carbonyl (C=O) groups excluding carboxylic acids is 2. The van der Waals surface area contributed by atoms with Crippen molar-refractivity contribution in [3.63, 3.8) is 0 Å². The predicted molar refractivity (Wildman–Crippen MR) is 121 cm³/mol. The second-order valence-corrected chi connectivity index (χ2v) is 9.94. The van der Waals surface area contributed by atoms with Gasteiger partial charge in [-0.3, -0.25) is 18.8 Å². The Morgan fingerprint density at radius 2 is 2.12 bits per heavy atom. The van der Waals surface area contributed by atoms with Crippen molar-refractivity contribution in [2.45, 2.75) is 37.8 Å². The summed E-state index contributed by atoms with van der Waals surface area (Å²) >= 11 is 1.24. The normalized spacial score (nSPS) is 17.8. The molecule has 174 valence electrons. The van der Waals surface area contributed by atoms with Crippen molar-refractivity contribution in [3.05, 3.63) is 29.3 Å². The fourth-order valence-electron chi connectivity index (χ4n) is 3.53. The van der Waals surface area contributed by atoms with Crippen LogP contribution in [-0.2, 0) is 19.3 Å². The second kappa shape index (κ2) is 10.3. The van der Waals surface area contributed by atoms with Crippen molar-refractivity contribution in [1.82, 2.24) is 14.6 Å². The number of hydrogen-bond donors (Lipinski definition) is 3. The Bertz CT molecular complexity index is 1080. The van der Waals surface area contributed by atoms with Gasteiger partial charge in [0.25, 0.3) is 0 Å². The highest BCUT2D eigenvalue weighted by atomic mass is 32.2. The molecule has 0 bridgehead atoms. The van der Waals surface area contributed by atoms with Gasteiger partial charge in [-0.1, -0.05) is 12.1 Å². The molecule has 2 atom stereocenters. The van der Waals surface area contributed by atoms with Crippen molar-refractivity contribution in [2.24, 2.45) is 16.5 Å². The maximum Gasteiger partial charge on any atom is 0.338 e. The van der Waals surface area contributed by atoms with Gasteiger partial charge in [-0.25, -0.2) is 4.98 Å². The molecule has 2 heterocycles. The molecule has 0 aliphatic carbocycles. The highest BCUT2D eigenvalue weighted by Gasteiger charge is 2.40. The molecule has 32 heavy (non-hydrogen) atoms. The third kappa shape index (κ3) is 5.59. The van der Waals surface area contributed by atoms with Gasteiger partial charge >= 0.3 is 10.3 Å².